The predicted molar refractivity (Wildman–Crippen MR) is 44.1 cm³/mol. The first-order valence-electron chi connectivity index (χ1n) is 2.69. The summed E-state index contributed by atoms with van der Waals surface area (Å²) in [6.45, 7) is 1.91. The Morgan fingerprint density at radius 2 is 2.60 bits per heavy atom. The summed E-state index contributed by atoms with van der Waals surface area (Å²) in [6.07, 6.45) is 0. The van der Waals surface area contributed by atoms with Crippen molar-refractivity contribution in [3.8, 4) is 6.07 Å². The zero-order valence-corrected chi connectivity index (χ0v) is 7.74. The Kier molecular flexibility index (Phi) is 2.41. The number of hydrogen-bond acceptors (Lipinski definition) is 3. The third-order valence-electron chi connectivity index (χ3n) is 0.967. The minimum absolute atomic E-state index is 0.244. The molecule has 0 bridgehead atoms. The lowest BCUT2D eigenvalue weighted by Gasteiger charge is -1.89. The van der Waals surface area contributed by atoms with Gasteiger partial charge in [0.05, 0.1) is 6.07 Å². The minimum atomic E-state index is -0.244. The summed E-state index contributed by atoms with van der Waals surface area (Å²) in [5, 5.41) is 11.2. The molecule has 0 spiro atoms. The number of thiazole rings is 1. The topological polar surface area (TPSA) is 36.7 Å². The average molecular weight is 217 g/mol. The zero-order chi connectivity index (χ0) is 7.56. The molecule has 52 valence electrons. The van der Waals surface area contributed by atoms with Crippen molar-refractivity contribution in [2.24, 2.45) is 0 Å². The maximum Gasteiger partial charge on any atom is 0.153 e. The smallest absolute Gasteiger partial charge is 0.153 e. The first-order chi connectivity index (χ1) is 4.74. The molecule has 1 aromatic heterocycles. The van der Waals surface area contributed by atoms with Gasteiger partial charge in [0.2, 0.25) is 0 Å². The van der Waals surface area contributed by atoms with Gasteiger partial charge in [-0.15, -0.1) is 11.3 Å². The molecule has 0 fully saturated rings. The molecular formula is C6H5BrN2S. The Hall–Kier alpha value is -0.400. The summed E-state index contributed by atoms with van der Waals surface area (Å²) < 4.78 is 0. The molecule has 10 heavy (non-hydrogen) atoms. The summed E-state index contributed by atoms with van der Waals surface area (Å²) in [4.78, 5) is 3.89. The Labute approximate surface area is 71.6 Å². The van der Waals surface area contributed by atoms with Gasteiger partial charge in [0.1, 0.15) is 5.01 Å². The SMILES string of the molecule is Cc1csc(C(Br)C#N)n1. The standard InChI is InChI=1S/C6H5BrN2S/c1-4-3-10-6(9-4)5(7)2-8/h3,5H,1H3. The van der Waals surface area contributed by atoms with E-state index in [1.165, 1.54) is 11.3 Å². The first-order valence-corrected chi connectivity index (χ1v) is 4.49. The van der Waals surface area contributed by atoms with Crippen molar-refractivity contribution >= 4 is 27.3 Å². The quantitative estimate of drug-likeness (QED) is 0.677. The van der Waals surface area contributed by atoms with Crippen LogP contribution in [0.5, 0.6) is 0 Å². The third kappa shape index (κ3) is 1.55. The van der Waals surface area contributed by atoms with E-state index in [0.717, 1.165) is 10.7 Å². The number of halogens is 1. The number of nitrogens with zero attached hydrogens (tertiary/aromatic N) is 2. The minimum Gasteiger partial charge on any atom is -0.244 e. The average Bonchev–Trinajstić information content (AvgIpc) is 2.34. The van der Waals surface area contributed by atoms with Gasteiger partial charge in [-0.25, -0.2) is 4.98 Å². The Morgan fingerprint density at radius 3 is 3.00 bits per heavy atom. The zero-order valence-electron chi connectivity index (χ0n) is 5.34. The van der Waals surface area contributed by atoms with E-state index >= 15 is 0 Å². The summed E-state index contributed by atoms with van der Waals surface area (Å²) in [5.74, 6) is 0. The van der Waals surface area contributed by atoms with E-state index in [4.69, 9.17) is 5.26 Å². The van der Waals surface area contributed by atoms with Gasteiger partial charge in [0, 0.05) is 11.1 Å². The molecular weight excluding hydrogens is 212 g/mol. The molecule has 0 amide bonds. The van der Waals surface area contributed by atoms with E-state index in [0.29, 0.717) is 0 Å². The van der Waals surface area contributed by atoms with Gasteiger partial charge in [0.25, 0.3) is 0 Å². The summed E-state index contributed by atoms with van der Waals surface area (Å²) in [7, 11) is 0. The van der Waals surface area contributed by atoms with E-state index in [9.17, 15) is 0 Å². The molecule has 1 aromatic rings. The second-order valence-corrected chi connectivity index (χ2v) is 3.62. The van der Waals surface area contributed by atoms with Crippen LogP contribution in [0.15, 0.2) is 5.38 Å². The van der Waals surface area contributed by atoms with Crippen LogP contribution in [0.4, 0.5) is 0 Å². The van der Waals surface area contributed by atoms with Crippen molar-refractivity contribution in [3.63, 3.8) is 0 Å². The molecule has 0 aliphatic heterocycles. The van der Waals surface area contributed by atoms with Gasteiger partial charge < -0.3 is 0 Å². The Morgan fingerprint density at radius 1 is 1.90 bits per heavy atom. The highest BCUT2D eigenvalue weighted by Crippen LogP contribution is 2.24. The van der Waals surface area contributed by atoms with Gasteiger partial charge >= 0.3 is 0 Å². The Balaban J connectivity index is 2.87. The van der Waals surface area contributed by atoms with E-state index in [-0.39, 0.29) is 4.83 Å². The molecule has 1 unspecified atom stereocenters. The van der Waals surface area contributed by atoms with E-state index in [2.05, 4.69) is 27.0 Å². The van der Waals surface area contributed by atoms with Crippen LogP contribution in [0, 0.1) is 18.3 Å². The van der Waals surface area contributed by atoms with Crippen molar-refractivity contribution < 1.29 is 0 Å². The molecule has 0 N–H and O–H groups in total. The number of aryl methyl sites for hydroxylation is 1. The molecule has 0 aliphatic carbocycles. The van der Waals surface area contributed by atoms with E-state index in [1.807, 2.05) is 12.3 Å². The summed E-state index contributed by atoms with van der Waals surface area (Å²) in [6, 6.07) is 2.06. The van der Waals surface area contributed by atoms with Crippen molar-refractivity contribution in [1.29, 1.82) is 5.26 Å². The lowest BCUT2D eigenvalue weighted by molar-refractivity contribution is 1.13. The second-order valence-electron chi connectivity index (χ2n) is 1.82. The Bertz CT molecular complexity index is 263. The van der Waals surface area contributed by atoms with Crippen molar-refractivity contribution in [3.05, 3.63) is 16.1 Å². The lowest BCUT2D eigenvalue weighted by Crippen LogP contribution is -1.82. The number of hydrogen-bond donors (Lipinski definition) is 0. The van der Waals surface area contributed by atoms with Gasteiger partial charge in [-0.1, -0.05) is 15.9 Å². The van der Waals surface area contributed by atoms with Crippen molar-refractivity contribution in [1.82, 2.24) is 4.98 Å². The molecule has 0 radical (unpaired) electrons. The van der Waals surface area contributed by atoms with Gasteiger partial charge in [-0.2, -0.15) is 5.26 Å². The van der Waals surface area contributed by atoms with Crippen LogP contribution in [0.2, 0.25) is 0 Å². The molecule has 4 heteroatoms. The summed E-state index contributed by atoms with van der Waals surface area (Å²) >= 11 is 4.69. The van der Waals surface area contributed by atoms with Crippen molar-refractivity contribution in [2.75, 3.05) is 0 Å². The monoisotopic (exact) mass is 216 g/mol. The van der Waals surface area contributed by atoms with Crippen LogP contribution in [-0.2, 0) is 0 Å². The molecule has 2 nitrogen and oxygen atoms in total. The van der Waals surface area contributed by atoms with Crippen LogP contribution < -0.4 is 0 Å². The highest BCUT2D eigenvalue weighted by atomic mass is 79.9. The van der Waals surface area contributed by atoms with Crippen LogP contribution >= 0.6 is 27.3 Å². The molecule has 1 rings (SSSR count). The van der Waals surface area contributed by atoms with E-state index < -0.39 is 0 Å². The maximum absolute atomic E-state index is 8.47. The fraction of sp³-hybridized carbons (Fsp3) is 0.333. The molecule has 0 aromatic carbocycles. The lowest BCUT2D eigenvalue weighted by atomic mass is 10.5. The molecule has 0 saturated carbocycles. The third-order valence-corrected chi connectivity index (χ3v) is 2.94. The fourth-order valence-electron chi connectivity index (χ4n) is 0.544. The van der Waals surface area contributed by atoms with Crippen LogP contribution in [0.1, 0.15) is 15.5 Å². The number of alkyl halides is 1. The van der Waals surface area contributed by atoms with E-state index in [1.54, 1.807) is 0 Å². The molecule has 1 atom stereocenters. The maximum atomic E-state index is 8.47. The highest BCUT2D eigenvalue weighted by molar-refractivity contribution is 9.09. The van der Waals surface area contributed by atoms with Crippen LogP contribution in [0.3, 0.4) is 0 Å². The second kappa shape index (κ2) is 3.13. The number of rotatable bonds is 1. The van der Waals surface area contributed by atoms with Gasteiger partial charge in [0.15, 0.2) is 4.83 Å². The van der Waals surface area contributed by atoms with Crippen LogP contribution in [0.25, 0.3) is 0 Å². The van der Waals surface area contributed by atoms with Crippen molar-refractivity contribution in [2.45, 2.75) is 11.8 Å². The largest absolute Gasteiger partial charge is 0.244 e. The van der Waals surface area contributed by atoms with Gasteiger partial charge in [-0.05, 0) is 6.92 Å². The first kappa shape index (κ1) is 7.70. The predicted octanol–water partition coefficient (Wildman–Crippen LogP) is 2.41. The van der Waals surface area contributed by atoms with Crippen LogP contribution in [-0.4, -0.2) is 4.98 Å². The summed E-state index contributed by atoms with van der Waals surface area (Å²) in [5.41, 5.74) is 0.972. The highest BCUT2D eigenvalue weighted by Gasteiger charge is 2.08. The molecule has 0 aliphatic rings. The molecule has 1 heterocycles. The fourth-order valence-corrected chi connectivity index (χ4v) is 1.68. The molecule has 0 saturated heterocycles. The number of nitriles is 1. The number of aromatic nitrogens is 1. The van der Waals surface area contributed by atoms with Gasteiger partial charge in [-0.3, -0.25) is 0 Å². The normalized spacial score (nSPS) is 12.5.